The molecule has 1 aliphatic rings. The van der Waals surface area contributed by atoms with Crippen LogP contribution in [0.25, 0.3) is 0 Å². The van der Waals surface area contributed by atoms with Crippen molar-refractivity contribution in [1.82, 2.24) is 4.90 Å². The number of ether oxygens (including phenoxy) is 1. The van der Waals surface area contributed by atoms with Gasteiger partial charge in [-0.25, -0.2) is 4.79 Å². The third-order valence-corrected chi connectivity index (χ3v) is 4.11. The Balaban J connectivity index is 1.95. The summed E-state index contributed by atoms with van der Waals surface area (Å²) >= 11 is 0. The Morgan fingerprint density at radius 1 is 1.50 bits per heavy atom. The zero-order chi connectivity index (χ0) is 17.5. The molecule has 0 radical (unpaired) electrons. The summed E-state index contributed by atoms with van der Waals surface area (Å²) in [5, 5.41) is 11.8. The fraction of sp³-hybridized carbons (Fsp3) is 0.556. The molecule has 1 heterocycles. The first kappa shape index (κ1) is 18.1. The average Bonchev–Trinajstić information content (AvgIpc) is 2.60. The lowest BCUT2D eigenvalue weighted by molar-refractivity contribution is 0.0532. The average molecular weight is 330 g/mol. The molecule has 0 aromatic heterocycles. The van der Waals surface area contributed by atoms with Gasteiger partial charge in [0.15, 0.2) is 0 Å². The molecule has 0 aliphatic carbocycles. The molecule has 0 spiro atoms. The summed E-state index contributed by atoms with van der Waals surface area (Å²) in [4.78, 5) is 16.2. The Morgan fingerprint density at radius 3 is 2.79 bits per heavy atom. The summed E-state index contributed by atoms with van der Waals surface area (Å²) in [6, 6.07) is 9.84. The molecule has 0 unspecified atom stereocenters. The van der Waals surface area contributed by atoms with Crippen molar-refractivity contribution in [3.63, 3.8) is 0 Å². The maximum absolute atomic E-state index is 12.3. The van der Waals surface area contributed by atoms with E-state index in [1.54, 1.807) is 4.90 Å². The molecule has 2 amide bonds. The molecular weight excluding hydrogens is 304 g/mol. The molecule has 130 valence electrons. The second kappa shape index (κ2) is 8.55. The van der Waals surface area contributed by atoms with Crippen LogP contribution in [0.4, 0.5) is 16.2 Å². The van der Waals surface area contributed by atoms with E-state index in [1.807, 2.05) is 38.1 Å². The van der Waals surface area contributed by atoms with Crippen molar-refractivity contribution >= 4 is 17.4 Å². The van der Waals surface area contributed by atoms with Gasteiger partial charge in [-0.1, -0.05) is 0 Å². The summed E-state index contributed by atoms with van der Waals surface area (Å²) in [6.45, 7) is 9.29. The lowest BCUT2D eigenvalue weighted by Crippen LogP contribution is -2.41. The molecule has 1 saturated heterocycles. The molecular formula is C18H26N4O2. The normalized spacial score (nSPS) is 18.6. The number of benzene rings is 1. The summed E-state index contributed by atoms with van der Waals surface area (Å²) in [5.41, 5.74) is 1.89. The van der Waals surface area contributed by atoms with E-state index in [4.69, 9.17) is 10.00 Å². The molecule has 1 fully saturated rings. The maximum Gasteiger partial charge on any atom is 0.321 e. The van der Waals surface area contributed by atoms with Crippen molar-refractivity contribution in [2.24, 2.45) is 5.92 Å². The van der Waals surface area contributed by atoms with E-state index in [0.29, 0.717) is 13.1 Å². The predicted octanol–water partition coefficient (Wildman–Crippen LogP) is 2.93. The van der Waals surface area contributed by atoms with Crippen LogP contribution in [0.15, 0.2) is 24.3 Å². The van der Waals surface area contributed by atoms with Gasteiger partial charge in [0, 0.05) is 37.6 Å². The monoisotopic (exact) mass is 330 g/mol. The first-order valence-electron chi connectivity index (χ1n) is 8.45. The van der Waals surface area contributed by atoms with E-state index in [9.17, 15) is 4.79 Å². The minimum absolute atomic E-state index is 0.174. The van der Waals surface area contributed by atoms with Crippen molar-refractivity contribution in [2.75, 3.05) is 43.0 Å². The van der Waals surface area contributed by atoms with Gasteiger partial charge in [-0.15, -0.1) is 0 Å². The Kier molecular flexibility index (Phi) is 6.44. The van der Waals surface area contributed by atoms with Crippen molar-refractivity contribution in [2.45, 2.75) is 26.9 Å². The Hall–Kier alpha value is -2.26. The number of hydrogen-bond acceptors (Lipinski definition) is 4. The Bertz CT molecular complexity index is 582. The van der Waals surface area contributed by atoms with Gasteiger partial charge >= 0.3 is 6.03 Å². The predicted molar refractivity (Wildman–Crippen MR) is 95.1 cm³/mol. The Morgan fingerprint density at radius 2 is 2.21 bits per heavy atom. The van der Waals surface area contributed by atoms with Crippen LogP contribution in [0, 0.1) is 17.2 Å². The van der Waals surface area contributed by atoms with Crippen LogP contribution in [0.1, 0.15) is 20.8 Å². The number of nitrogens with zero attached hydrogens (tertiary/aromatic N) is 3. The summed E-state index contributed by atoms with van der Waals surface area (Å²) < 4.78 is 5.56. The van der Waals surface area contributed by atoms with E-state index in [1.165, 1.54) is 0 Å². The lowest BCUT2D eigenvalue weighted by atomic mass is 10.2. The van der Waals surface area contributed by atoms with E-state index in [2.05, 4.69) is 23.2 Å². The molecule has 0 saturated carbocycles. The minimum Gasteiger partial charge on any atom is -0.375 e. The number of nitriles is 1. The number of nitrogens with one attached hydrogen (secondary N) is 1. The van der Waals surface area contributed by atoms with Gasteiger partial charge in [0.1, 0.15) is 0 Å². The first-order valence-corrected chi connectivity index (χ1v) is 8.45. The van der Waals surface area contributed by atoms with Crippen LogP contribution in [-0.2, 0) is 4.74 Å². The van der Waals surface area contributed by atoms with Gasteiger partial charge in [-0.05, 0) is 45.0 Å². The molecule has 1 aromatic rings. The van der Waals surface area contributed by atoms with E-state index in [-0.39, 0.29) is 18.1 Å². The maximum atomic E-state index is 12.3. The van der Waals surface area contributed by atoms with Crippen molar-refractivity contribution in [3.8, 4) is 6.07 Å². The topological polar surface area (TPSA) is 68.6 Å². The van der Waals surface area contributed by atoms with Gasteiger partial charge in [-0.3, -0.25) is 0 Å². The van der Waals surface area contributed by atoms with Gasteiger partial charge in [0.2, 0.25) is 0 Å². The molecule has 6 nitrogen and oxygen atoms in total. The Labute approximate surface area is 144 Å². The number of anilines is 2. The van der Waals surface area contributed by atoms with Gasteiger partial charge in [0.25, 0.3) is 0 Å². The summed E-state index contributed by atoms with van der Waals surface area (Å²) in [6.07, 6.45) is 0.235. The third kappa shape index (κ3) is 4.87. The SMILES string of the molecule is CCN(C[C@@H](C)C#N)C(=O)Nc1ccc(N2CCO[C@@H](C)C2)cc1. The van der Waals surface area contributed by atoms with E-state index in [0.717, 1.165) is 31.1 Å². The lowest BCUT2D eigenvalue weighted by Gasteiger charge is -2.33. The molecule has 24 heavy (non-hydrogen) atoms. The molecule has 1 aliphatic heterocycles. The summed E-state index contributed by atoms with van der Waals surface area (Å²) in [7, 11) is 0. The second-order valence-corrected chi connectivity index (χ2v) is 6.17. The standard InChI is InChI=1S/C18H26N4O2/c1-4-21(12-14(2)11-19)18(23)20-16-5-7-17(8-6-16)22-9-10-24-15(3)13-22/h5-8,14-15H,4,9-10,12-13H2,1-3H3,(H,20,23)/t14-,15-/m0/s1. The fourth-order valence-electron chi connectivity index (χ4n) is 2.74. The molecule has 2 rings (SSSR count). The highest BCUT2D eigenvalue weighted by Crippen LogP contribution is 2.20. The van der Waals surface area contributed by atoms with Crippen LogP contribution < -0.4 is 10.2 Å². The van der Waals surface area contributed by atoms with E-state index >= 15 is 0 Å². The van der Waals surface area contributed by atoms with Crippen LogP contribution in [0.3, 0.4) is 0 Å². The molecule has 0 bridgehead atoms. The number of urea groups is 1. The van der Waals surface area contributed by atoms with Gasteiger partial charge in [-0.2, -0.15) is 5.26 Å². The van der Waals surface area contributed by atoms with Crippen LogP contribution in [0.2, 0.25) is 0 Å². The van der Waals surface area contributed by atoms with Crippen LogP contribution >= 0.6 is 0 Å². The number of carbonyl (C=O) groups is 1. The van der Waals surface area contributed by atoms with Crippen LogP contribution in [0.5, 0.6) is 0 Å². The molecule has 6 heteroatoms. The van der Waals surface area contributed by atoms with E-state index < -0.39 is 0 Å². The van der Waals surface area contributed by atoms with Gasteiger partial charge < -0.3 is 19.9 Å². The quantitative estimate of drug-likeness (QED) is 0.901. The van der Waals surface area contributed by atoms with Crippen molar-refractivity contribution in [1.29, 1.82) is 5.26 Å². The fourth-order valence-corrected chi connectivity index (χ4v) is 2.74. The number of hydrogen-bond donors (Lipinski definition) is 1. The van der Waals surface area contributed by atoms with Crippen LogP contribution in [-0.4, -0.2) is 49.8 Å². The second-order valence-electron chi connectivity index (χ2n) is 6.17. The molecule has 1 aromatic carbocycles. The first-order chi connectivity index (χ1) is 11.5. The van der Waals surface area contributed by atoms with Gasteiger partial charge in [0.05, 0.1) is 24.7 Å². The highest BCUT2D eigenvalue weighted by atomic mass is 16.5. The molecule has 1 N–H and O–H groups in total. The smallest absolute Gasteiger partial charge is 0.321 e. The number of morpholine rings is 1. The zero-order valence-electron chi connectivity index (χ0n) is 14.7. The molecule has 2 atom stereocenters. The number of rotatable bonds is 5. The highest BCUT2D eigenvalue weighted by molar-refractivity contribution is 5.89. The largest absolute Gasteiger partial charge is 0.375 e. The minimum atomic E-state index is -0.179. The summed E-state index contributed by atoms with van der Waals surface area (Å²) in [5.74, 6) is -0.179. The third-order valence-electron chi connectivity index (χ3n) is 4.11. The zero-order valence-corrected chi connectivity index (χ0v) is 14.7. The number of carbonyl (C=O) groups excluding carboxylic acids is 1. The van der Waals surface area contributed by atoms with Crippen molar-refractivity contribution in [3.05, 3.63) is 24.3 Å². The van der Waals surface area contributed by atoms with Crippen molar-refractivity contribution < 1.29 is 9.53 Å². The number of amides is 2. The highest BCUT2D eigenvalue weighted by Gasteiger charge is 2.18.